The van der Waals surface area contributed by atoms with Crippen LogP contribution in [0.15, 0.2) is 87.3 Å². The Morgan fingerprint density at radius 2 is 1.76 bits per heavy atom. The summed E-state index contributed by atoms with van der Waals surface area (Å²) in [5, 5.41) is 4.35. The lowest BCUT2D eigenvalue weighted by Crippen LogP contribution is -2.39. The summed E-state index contributed by atoms with van der Waals surface area (Å²) >= 11 is 9.32. The van der Waals surface area contributed by atoms with Gasteiger partial charge in [-0.3, -0.25) is 9.10 Å². The molecule has 0 heterocycles. The molecule has 172 valence electrons. The van der Waals surface area contributed by atoms with Gasteiger partial charge in [-0.25, -0.2) is 13.8 Å². The van der Waals surface area contributed by atoms with Crippen LogP contribution < -0.4 is 14.5 Å². The third-order valence-corrected chi connectivity index (χ3v) is 7.17. The van der Waals surface area contributed by atoms with E-state index in [4.69, 9.17) is 16.3 Å². The Labute approximate surface area is 206 Å². The molecule has 33 heavy (non-hydrogen) atoms. The van der Waals surface area contributed by atoms with E-state index in [1.165, 1.54) is 30.5 Å². The van der Waals surface area contributed by atoms with E-state index < -0.39 is 22.5 Å². The number of amides is 1. The molecule has 1 N–H and O–H groups in total. The fourth-order valence-electron chi connectivity index (χ4n) is 2.89. The topological polar surface area (TPSA) is 88.1 Å². The predicted molar refractivity (Wildman–Crippen MR) is 133 cm³/mol. The van der Waals surface area contributed by atoms with Gasteiger partial charge in [0, 0.05) is 15.1 Å². The van der Waals surface area contributed by atoms with Gasteiger partial charge in [-0.15, -0.1) is 0 Å². The standard InChI is InChI=1S/C23H21BrClN3O4S/c1-2-32-22-10-6-5-9-21(22)28(33(30,31)19-13-11-18(25)12-14-19)16-23(29)27-26-15-17-7-3-4-8-20(17)24/h3-15H,2,16H2,1H3,(H,27,29)/b26-15-. The summed E-state index contributed by atoms with van der Waals surface area (Å²) in [7, 11) is -4.12. The average molecular weight is 551 g/mol. The smallest absolute Gasteiger partial charge is 0.264 e. The summed E-state index contributed by atoms with van der Waals surface area (Å²) in [6, 6.07) is 19.7. The number of nitrogens with one attached hydrogen (secondary N) is 1. The fraction of sp³-hybridized carbons (Fsp3) is 0.130. The van der Waals surface area contributed by atoms with Gasteiger partial charge < -0.3 is 4.74 Å². The molecule has 0 saturated heterocycles. The molecule has 0 atom stereocenters. The molecule has 1 amide bonds. The van der Waals surface area contributed by atoms with E-state index in [1.54, 1.807) is 31.2 Å². The zero-order valence-electron chi connectivity index (χ0n) is 17.6. The normalized spacial score (nSPS) is 11.4. The van der Waals surface area contributed by atoms with Crippen molar-refractivity contribution in [2.24, 2.45) is 5.10 Å². The molecule has 10 heteroatoms. The minimum Gasteiger partial charge on any atom is -0.492 e. The molecule has 3 aromatic rings. The van der Waals surface area contributed by atoms with Gasteiger partial charge in [0.15, 0.2) is 0 Å². The molecule has 0 aliphatic carbocycles. The molecule has 0 fully saturated rings. The van der Waals surface area contributed by atoms with Crippen molar-refractivity contribution >= 4 is 55.4 Å². The zero-order chi connectivity index (χ0) is 23.8. The molecule has 0 aromatic heterocycles. The van der Waals surface area contributed by atoms with Gasteiger partial charge in [-0.1, -0.05) is 57.9 Å². The van der Waals surface area contributed by atoms with Crippen LogP contribution in [0.1, 0.15) is 12.5 Å². The second-order valence-corrected chi connectivity index (χ2v) is 9.83. The van der Waals surface area contributed by atoms with E-state index in [0.717, 1.165) is 14.3 Å². The Balaban J connectivity index is 1.91. The van der Waals surface area contributed by atoms with E-state index >= 15 is 0 Å². The summed E-state index contributed by atoms with van der Waals surface area (Å²) in [5.74, 6) is -0.288. The Bertz CT molecular complexity index is 1250. The lowest BCUT2D eigenvalue weighted by molar-refractivity contribution is -0.119. The largest absolute Gasteiger partial charge is 0.492 e. The second-order valence-electron chi connectivity index (χ2n) is 6.68. The Kier molecular flexibility index (Phi) is 8.49. The molecule has 0 radical (unpaired) electrons. The van der Waals surface area contributed by atoms with Crippen LogP contribution in [0.2, 0.25) is 5.02 Å². The highest BCUT2D eigenvalue weighted by atomic mass is 79.9. The van der Waals surface area contributed by atoms with Crippen LogP contribution in [-0.2, 0) is 14.8 Å². The van der Waals surface area contributed by atoms with Crippen LogP contribution in [0, 0.1) is 0 Å². The zero-order valence-corrected chi connectivity index (χ0v) is 20.8. The van der Waals surface area contributed by atoms with Gasteiger partial charge in [0.1, 0.15) is 12.3 Å². The van der Waals surface area contributed by atoms with Gasteiger partial charge in [-0.05, 0) is 49.4 Å². The van der Waals surface area contributed by atoms with E-state index in [-0.39, 0.29) is 10.6 Å². The Morgan fingerprint density at radius 3 is 2.45 bits per heavy atom. The van der Waals surface area contributed by atoms with Crippen molar-refractivity contribution in [2.75, 3.05) is 17.5 Å². The summed E-state index contributed by atoms with van der Waals surface area (Å²) in [6.45, 7) is 1.61. The number of halogens is 2. The number of benzene rings is 3. The molecule has 0 aliphatic rings. The minimum absolute atomic E-state index is 0.0114. The van der Waals surface area contributed by atoms with E-state index in [2.05, 4.69) is 26.5 Å². The van der Waals surface area contributed by atoms with Crippen LogP contribution >= 0.6 is 27.5 Å². The number of rotatable bonds is 9. The van der Waals surface area contributed by atoms with Gasteiger partial charge >= 0.3 is 0 Å². The van der Waals surface area contributed by atoms with Crippen molar-refractivity contribution in [3.8, 4) is 5.75 Å². The number of sulfonamides is 1. The van der Waals surface area contributed by atoms with E-state index in [1.807, 2.05) is 24.3 Å². The molecular weight excluding hydrogens is 530 g/mol. The maximum atomic E-state index is 13.5. The third-order valence-electron chi connectivity index (χ3n) is 4.42. The number of hydrogen-bond acceptors (Lipinski definition) is 5. The highest BCUT2D eigenvalue weighted by molar-refractivity contribution is 9.10. The number of anilines is 1. The predicted octanol–water partition coefficient (Wildman–Crippen LogP) is 4.85. The molecular formula is C23H21BrClN3O4S. The number of hydrogen-bond donors (Lipinski definition) is 1. The van der Waals surface area contributed by atoms with Crippen LogP contribution in [0.25, 0.3) is 0 Å². The van der Waals surface area contributed by atoms with Crippen molar-refractivity contribution in [1.29, 1.82) is 0 Å². The molecule has 0 bridgehead atoms. The van der Waals surface area contributed by atoms with Crippen molar-refractivity contribution < 1.29 is 17.9 Å². The molecule has 0 spiro atoms. The highest BCUT2D eigenvalue weighted by Crippen LogP contribution is 2.32. The quantitative estimate of drug-likeness (QED) is 0.305. The fourth-order valence-corrected chi connectivity index (χ4v) is 4.84. The lowest BCUT2D eigenvalue weighted by Gasteiger charge is -2.25. The van der Waals surface area contributed by atoms with Crippen molar-refractivity contribution in [3.63, 3.8) is 0 Å². The monoisotopic (exact) mass is 549 g/mol. The maximum Gasteiger partial charge on any atom is 0.264 e. The van der Waals surface area contributed by atoms with Gasteiger partial charge in [-0.2, -0.15) is 5.10 Å². The van der Waals surface area contributed by atoms with Crippen molar-refractivity contribution in [1.82, 2.24) is 5.43 Å². The van der Waals surface area contributed by atoms with Crippen molar-refractivity contribution in [3.05, 3.63) is 87.9 Å². The molecule has 0 saturated carbocycles. The highest BCUT2D eigenvalue weighted by Gasteiger charge is 2.29. The lowest BCUT2D eigenvalue weighted by atomic mass is 10.2. The number of carbonyl (C=O) groups excluding carboxylic acids is 1. The number of hydrazone groups is 1. The van der Waals surface area contributed by atoms with Crippen LogP contribution in [0.3, 0.4) is 0 Å². The average Bonchev–Trinajstić information content (AvgIpc) is 2.80. The van der Waals surface area contributed by atoms with Crippen molar-refractivity contribution in [2.45, 2.75) is 11.8 Å². The van der Waals surface area contributed by atoms with Gasteiger partial charge in [0.05, 0.1) is 23.4 Å². The molecule has 3 aromatic carbocycles. The third kappa shape index (κ3) is 6.34. The molecule has 7 nitrogen and oxygen atoms in total. The first kappa shape index (κ1) is 24.8. The number of nitrogens with zero attached hydrogens (tertiary/aromatic N) is 2. The first-order valence-corrected chi connectivity index (χ1v) is 12.5. The van der Waals surface area contributed by atoms with Crippen LogP contribution in [-0.4, -0.2) is 33.7 Å². The number of ether oxygens (including phenoxy) is 1. The van der Waals surface area contributed by atoms with E-state index in [0.29, 0.717) is 17.4 Å². The Morgan fingerprint density at radius 1 is 1.09 bits per heavy atom. The van der Waals surface area contributed by atoms with E-state index in [9.17, 15) is 13.2 Å². The minimum atomic E-state index is -4.12. The molecule has 0 unspecified atom stereocenters. The summed E-state index contributed by atoms with van der Waals surface area (Å²) in [5.41, 5.74) is 3.37. The maximum absolute atomic E-state index is 13.5. The SMILES string of the molecule is CCOc1ccccc1N(CC(=O)N/N=C\c1ccccc1Br)S(=O)(=O)c1ccc(Cl)cc1. The molecule has 3 rings (SSSR count). The van der Waals surface area contributed by atoms with Crippen LogP contribution in [0.4, 0.5) is 5.69 Å². The Hall–Kier alpha value is -2.88. The number of para-hydroxylation sites is 2. The second kappa shape index (κ2) is 11.3. The first-order valence-electron chi connectivity index (χ1n) is 9.89. The van der Waals surface area contributed by atoms with Gasteiger partial charge in [0.25, 0.3) is 15.9 Å². The first-order chi connectivity index (χ1) is 15.8. The van der Waals surface area contributed by atoms with Gasteiger partial charge in [0.2, 0.25) is 0 Å². The summed E-state index contributed by atoms with van der Waals surface area (Å²) in [4.78, 5) is 12.7. The number of carbonyl (C=O) groups is 1. The summed E-state index contributed by atoms with van der Waals surface area (Å²) in [6.07, 6.45) is 1.47. The van der Waals surface area contributed by atoms with Crippen LogP contribution in [0.5, 0.6) is 5.75 Å². The summed E-state index contributed by atoms with van der Waals surface area (Å²) < 4.78 is 34.4. The molecule has 0 aliphatic heterocycles.